The van der Waals surface area contributed by atoms with Crippen molar-refractivity contribution in [3.05, 3.63) is 0 Å². The Morgan fingerprint density at radius 1 is 0.708 bits per heavy atom. The van der Waals surface area contributed by atoms with Gasteiger partial charge in [0.05, 0.1) is 0 Å². The zero-order valence-corrected chi connectivity index (χ0v) is 10.6. The molecule has 0 aliphatic carbocycles. The molecular weight excluding hydrogens is 389 g/mol. The van der Waals surface area contributed by atoms with E-state index in [9.17, 15) is 61.9 Å². The van der Waals surface area contributed by atoms with E-state index in [2.05, 4.69) is 0 Å². The molecule has 1 unspecified atom stereocenters. The summed E-state index contributed by atoms with van der Waals surface area (Å²) in [6.07, 6.45) is -10.5. The van der Waals surface area contributed by atoms with Crippen LogP contribution in [0.5, 0.6) is 0 Å². The normalized spacial score (nSPS) is 15.9. The van der Waals surface area contributed by atoms with Crippen LogP contribution in [0.2, 0.25) is 0 Å². The molecule has 0 aromatic carbocycles. The molecule has 0 aromatic heterocycles. The molecule has 4 N–H and O–H groups in total. The molecule has 0 aliphatic rings. The molecule has 16 heteroatoms. The molecule has 0 spiro atoms. The van der Waals surface area contributed by atoms with Gasteiger partial charge in [-0.2, -0.15) is 43.9 Å². The molecule has 0 aliphatic heterocycles. The van der Waals surface area contributed by atoms with E-state index in [4.69, 9.17) is 5.11 Å². The van der Waals surface area contributed by atoms with Gasteiger partial charge < -0.3 is 11.3 Å². The van der Waals surface area contributed by atoms with Gasteiger partial charge in [-0.1, -0.05) is 0 Å². The largest absolute Gasteiger partial charge is 0.477 e. The monoisotopic (exact) mass is 395 g/mol. The molecule has 3 nitrogen and oxygen atoms in total. The summed E-state index contributed by atoms with van der Waals surface area (Å²) in [5.41, 5.74) is 0. The van der Waals surface area contributed by atoms with Crippen LogP contribution in [0.1, 0.15) is 0 Å². The van der Waals surface area contributed by atoms with Crippen molar-refractivity contribution < 1.29 is 67.0 Å². The van der Waals surface area contributed by atoms with Gasteiger partial charge in [-0.05, 0) is 0 Å². The van der Waals surface area contributed by atoms with Gasteiger partial charge in [-0.3, -0.25) is 0 Å². The Labute approximate surface area is 123 Å². The number of hydrogen-bond acceptors (Lipinski definition) is 2. The molecule has 0 radical (unpaired) electrons. The topological polar surface area (TPSA) is 72.3 Å². The lowest BCUT2D eigenvalue weighted by Gasteiger charge is -2.38. The van der Waals surface area contributed by atoms with Crippen molar-refractivity contribution in [2.45, 2.75) is 42.2 Å². The minimum atomic E-state index is -7.91. The average Bonchev–Trinajstić information content (AvgIpc) is 2.36. The fraction of sp³-hybridized carbons (Fsp3) is 0.875. The lowest BCUT2D eigenvalue weighted by atomic mass is 9.92. The third-order valence-electron chi connectivity index (χ3n) is 2.44. The van der Waals surface area contributed by atoms with Gasteiger partial charge in [0.15, 0.2) is 0 Å². The first-order valence-corrected chi connectivity index (χ1v) is 4.84. The van der Waals surface area contributed by atoms with Gasteiger partial charge in [0.1, 0.15) is 0 Å². The van der Waals surface area contributed by atoms with Gasteiger partial charge in [0.2, 0.25) is 6.17 Å². The standard InChI is InChI=1S/C8H3F13O2.H3N/c9-1(2(10)11)4(12,13)6(16,17)8(20,21)7(18,19)5(14,15)3(22)23;/h1-2H,(H,22,23);1H3. The molecule has 0 saturated carbocycles. The van der Waals surface area contributed by atoms with Crippen LogP contribution in [0, 0.1) is 0 Å². The smallest absolute Gasteiger partial charge is 0.410 e. The van der Waals surface area contributed by atoms with Crippen molar-refractivity contribution in [1.29, 1.82) is 0 Å². The minimum Gasteiger partial charge on any atom is -0.477 e. The third-order valence-corrected chi connectivity index (χ3v) is 2.44. The SMILES string of the molecule is N.O=C(O)C(F)(F)C(F)(F)C(F)(F)C(F)(F)C(F)(F)C(F)C(F)F. The zero-order chi connectivity index (χ0) is 19.2. The molecule has 0 rings (SSSR count). The van der Waals surface area contributed by atoms with E-state index in [0.29, 0.717) is 0 Å². The average molecular weight is 395 g/mol. The van der Waals surface area contributed by atoms with Crippen molar-refractivity contribution in [2.24, 2.45) is 0 Å². The zero-order valence-electron chi connectivity index (χ0n) is 10.6. The summed E-state index contributed by atoms with van der Waals surface area (Å²) in [4.78, 5) is 9.74. The molecule has 146 valence electrons. The molecule has 0 saturated heterocycles. The van der Waals surface area contributed by atoms with Crippen LogP contribution in [-0.4, -0.2) is 53.3 Å². The van der Waals surface area contributed by atoms with E-state index < -0.39 is 48.2 Å². The Balaban J connectivity index is 0. The summed E-state index contributed by atoms with van der Waals surface area (Å²) in [7, 11) is 0. The fourth-order valence-corrected chi connectivity index (χ4v) is 1.07. The number of alkyl halides is 13. The lowest BCUT2D eigenvalue weighted by Crippen LogP contribution is -2.70. The van der Waals surface area contributed by atoms with Gasteiger partial charge in [0, 0.05) is 0 Å². The van der Waals surface area contributed by atoms with E-state index >= 15 is 0 Å². The first-order chi connectivity index (χ1) is 9.80. The Hall–Kier alpha value is -1.48. The first kappa shape index (κ1) is 24.8. The number of halogens is 13. The maximum absolute atomic E-state index is 12.8. The van der Waals surface area contributed by atoms with E-state index in [1.54, 1.807) is 0 Å². The van der Waals surface area contributed by atoms with Crippen LogP contribution < -0.4 is 6.15 Å². The van der Waals surface area contributed by atoms with Crippen molar-refractivity contribution in [2.75, 3.05) is 0 Å². The fourth-order valence-electron chi connectivity index (χ4n) is 1.07. The number of carboxylic acid groups (broad SMARTS) is 1. The third kappa shape index (κ3) is 3.06. The Morgan fingerprint density at radius 2 is 1.04 bits per heavy atom. The molecule has 1 atom stereocenters. The summed E-state index contributed by atoms with van der Waals surface area (Å²) in [6.45, 7) is 0. The first-order valence-electron chi connectivity index (χ1n) is 4.84. The highest BCUT2D eigenvalue weighted by atomic mass is 19.4. The van der Waals surface area contributed by atoms with Crippen LogP contribution in [0.25, 0.3) is 0 Å². The maximum Gasteiger partial charge on any atom is 0.410 e. The molecule has 24 heavy (non-hydrogen) atoms. The van der Waals surface area contributed by atoms with Crippen molar-refractivity contribution in [1.82, 2.24) is 6.15 Å². The molecule has 0 fully saturated rings. The van der Waals surface area contributed by atoms with Crippen LogP contribution in [0.15, 0.2) is 0 Å². The highest BCUT2D eigenvalue weighted by Crippen LogP contribution is 2.58. The minimum absolute atomic E-state index is 0. The lowest BCUT2D eigenvalue weighted by molar-refractivity contribution is -0.405. The van der Waals surface area contributed by atoms with Crippen LogP contribution in [-0.2, 0) is 4.79 Å². The highest BCUT2D eigenvalue weighted by molar-refractivity contribution is 5.77. The van der Waals surface area contributed by atoms with Gasteiger partial charge in [-0.15, -0.1) is 0 Å². The van der Waals surface area contributed by atoms with Crippen LogP contribution in [0.3, 0.4) is 0 Å². The molecule has 0 heterocycles. The highest BCUT2D eigenvalue weighted by Gasteiger charge is 2.89. The second kappa shape index (κ2) is 6.44. The van der Waals surface area contributed by atoms with E-state index in [1.165, 1.54) is 0 Å². The van der Waals surface area contributed by atoms with Crippen molar-refractivity contribution in [3.63, 3.8) is 0 Å². The Bertz CT molecular complexity index is 463. The number of rotatable bonds is 7. The second-order valence-corrected chi connectivity index (χ2v) is 3.96. The molecule has 0 aromatic rings. The van der Waals surface area contributed by atoms with E-state index in [0.717, 1.165) is 0 Å². The van der Waals surface area contributed by atoms with Crippen LogP contribution >= 0.6 is 0 Å². The number of carbonyl (C=O) groups is 1. The van der Waals surface area contributed by atoms with Gasteiger partial charge in [-0.25, -0.2) is 18.0 Å². The van der Waals surface area contributed by atoms with Gasteiger partial charge in [0.25, 0.3) is 6.43 Å². The summed E-state index contributed by atoms with van der Waals surface area (Å²) in [5.74, 6) is -41.7. The summed E-state index contributed by atoms with van der Waals surface area (Å²) in [5, 5.41) is 7.62. The number of hydrogen-bond donors (Lipinski definition) is 2. The summed E-state index contributed by atoms with van der Waals surface area (Å²) >= 11 is 0. The summed E-state index contributed by atoms with van der Waals surface area (Å²) < 4.78 is 162. The van der Waals surface area contributed by atoms with Crippen LogP contribution in [0.4, 0.5) is 57.1 Å². The predicted molar refractivity (Wildman–Crippen MR) is 48.3 cm³/mol. The van der Waals surface area contributed by atoms with Crippen molar-refractivity contribution >= 4 is 5.97 Å². The van der Waals surface area contributed by atoms with Gasteiger partial charge >= 0.3 is 35.6 Å². The maximum atomic E-state index is 12.8. The Morgan fingerprint density at radius 3 is 1.29 bits per heavy atom. The Kier molecular flexibility index (Phi) is 6.64. The number of aliphatic carboxylic acids is 1. The molecular formula is C8H6F13NO2. The van der Waals surface area contributed by atoms with E-state index in [1.807, 2.05) is 0 Å². The quantitative estimate of drug-likeness (QED) is 0.640. The molecule has 0 amide bonds. The van der Waals surface area contributed by atoms with Crippen molar-refractivity contribution in [3.8, 4) is 0 Å². The number of carboxylic acids is 1. The second-order valence-electron chi connectivity index (χ2n) is 3.96. The molecule has 0 bridgehead atoms. The van der Waals surface area contributed by atoms with E-state index in [-0.39, 0.29) is 6.15 Å². The predicted octanol–water partition coefficient (Wildman–Crippen LogP) is 4.01. The summed E-state index contributed by atoms with van der Waals surface area (Å²) in [6, 6.07) is 0.